The van der Waals surface area contributed by atoms with Crippen LogP contribution in [0.3, 0.4) is 0 Å². The van der Waals surface area contributed by atoms with Crippen molar-refractivity contribution in [3.8, 4) is 5.75 Å². The fourth-order valence-corrected chi connectivity index (χ4v) is 3.09. The van der Waals surface area contributed by atoms with Gasteiger partial charge in [-0.3, -0.25) is 4.79 Å². The van der Waals surface area contributed by atoms with Crippen LogP contribution in [0.15, 0.2) is 44.2 Å². The topological polar surface area (TPSA) is 54.3 Å². The quantitative estimate of drug-likeness (QED) is 0.820. The largest absolute Gasteiger partial charge is 0.506 e. The Bertz CT molecular complexity index is 660. The molecule has 0 radical (unpaired) electrons. The highest BCUT2D eigenvalue weighted by atomic mass is 79.9. The molecule has 2 N–H and O–H groups in total. The Kier molecular flexibility index (Phi) is 4.88. The molecule has 0 aliphatic heterocycles. The van der Waals surface area contributed by atoms with Gasteiger partial charge in [0.05, 0.1) is 14.6 Å². The van der Waals surface area contributed by atoms with E-state index >= 15 is 0 Å². The number of benzene rings is 1. The molecule has 0 bridgehead atoms. The molecule has 4 nitrogen and oxygen atoms in total. The van der Waals surface area contributed by atoms with Crippen molar-refractivity contribution in [2.45, 2.75) is 20.0 Å². The predicted octanol–water partition coefficient (Wildman–Crippen LogP) is 3.71. The minimum atomic E-state index is -0.00632. The SMILES string of the molecule is CCn1cc(NCc2cc(Br)c(O)c(Br)c2)ccc1=O. The van der Waals surface area contributed by atoms with Crippen molar-refractivity contribution < 1.29 is 5.11 Å². The maximum absolute atomic E-state index is 11.5. The molecule has 2 aromatic rings. The molecule has 20 heavy (non-hydrogen) atoms. The van der Waals surface area contributed by atoms with Gasteiger partial charge in [0, 0.05) is 25.4 Å². The van der Waals surface area contributed by atoms with Crippen LogP contribution in [0.1, 0.15) is 12.5 Å². The lowest BCUT2D eigenvalue weighted by Crippen LogP contribution is -2.17. The highest BCUT2D eigenvalue weighted by Gasteiger charge is 2.06. The zero-order valence-electron chi connectivity index (χ0n) is 10.9. The fraction of sp³-hybridized carbons (Fsp3) is 0.214. The molecule has 0 spiro atoms. The van der Waals surface area contributed by atoms with Crippen molar-refractivity contribution in [2.75, 3.05) is 5.32 Å². The Labute approximate surface area is 133 Å². The first-order valence-electron chi connectivity index (χ1n) is 6.12. The third kappa shape index (κ3) is 3.43. The molecule has 0 unspecified atom stereocenters. The normalized spacial score (nSPS) is 10.6. The minimum absolute atomic E-state index is 0.00632. The van der Waals surface area contributed by atoms with Crippen LogP contribution in [-0.4, -0.2) is 9.67 Å². The maximum Gasteiger partial charge on any atom is 0.250 e. The lowest BCUT2D eigenvalue weighted by molar-refractivity contribution is 0.468. The van der Waals surface area contributed by atoms with Gasteiger partial charge in [-0.05, 0) is 62.5 Å². The van der Waals surface area contributed by atoms with E-state index in [-0.39, 0.29) is 11.3 Å². The van der Waals surface area contributed by atoms with Gasteiger partial charge in [-0.25, -0.2) is 0 Å². The Morgan fingerprint density at radius 2 is 1.90 bits per heavy atom. The van der Waals surface area contributed by atoms with Crippen molar-refractivity contribution in [3.63, 3.8) is 0 Å². The molecule has 0 saturated heterocycles. The zero-order valence-corrected chi connectivity index (χ0v) is 14.0. The summed E-state index contributed by atoms with van der Waals surface area (Å²) in [7, 11) is 0. The molecular formula is C14H14Br2N2O2. The van der Waals surface area contributed by atoms with Crippen LogP contribution in [0.2, 0.25) is 0 Å². The summed E-state index contributed by atoms with van der Waals surface area (Å²) in [6.45, 7) is 3.17. The van der Waals surface area contributed by atoms with Gasteiger partial charge in [-0.1, -0.05) is 0 Å². The molecule has 0 aliphatic rings. The summed E-state index contributed by atoms with van der Waals surface area (Å²) in [6, 6.07) is 7.01. The first-order valence-corrected chi connectivity index (χ1v) is 7.71. The van der Waals surface area contributed by atoms with Gasteiger partial charge in [0.2, 0.25) is 0 Å². The van der Waals surface area contributed by atoms with Crippen molar-refractivity contribution in [1.29, 1.82) is 0 Å². The van der Waals surface area contributed by atoms with Gasteiger partial charge in [-0.2, -0.15) is 0 Å². The monoisotopic (exact) mass is 400 g/mol. The number of pyridine rings is 1. The average Bonchev–Trinajstić information content (AvgIpc) is 2.43. The Morgan fingerprint density at radius 1 is 1.25 bits per heavy atom. The van der Waals surface area contributed by atoms with Gasteiger partial charge in [0.15, 0.2) is 0 Å². The van der Waals surface area contributed by atoms with Crippen LogP contribution in [0.4, 0.5) is 5.69 Å². The highest BCUT2D eigenvalue weighted by Crippen LogP contribution is 2.33. The van der Waals surface area contributed by atoms with E-state index in [0.29, 0.717) is 22.0 Å². The van der Waals surface area contributed by atoms with Gasteiger partial charge in [-0.15, -0.1) is 0 Å². The number of phenolic OH excluding ortho intramolecular Hbond substituents is 1. The molecule has 0 atom stereocenters. The average molecular weight is 402 g/mol. The lowest BCUT2D eigenvalue weighted by Gasteiger charge is -2.10. The van der Waals surface area contributed by atoms with E-state index in [1.165, 1.54) is 0 Å². The van der Waals surface area contributed by atoms with Gasteiger partial charge in [0.25, 0.3) is 5.56 Å². The molecule has 2 rings (SSSR count). The highest BCUT2D eigenvalue weighted by molar-refractivity contribution is 9.11. The molecule has 1 aromatic carbocycles. The van der Waals surface area contributed by atoms with Crippen LogP contribution in [0, 0.1) is 0 Å². The number of hydrogen-bond donors (Lipinski definition) is 2. The van der Waals surface area contributed by atoms with Gasteiger partial charge >= 0.3 is 0 Å². The Hall–Kier alpha value is -1.27. The first-order chi connectivity index (χ1) is 9.51. The second kappa shape index (κ2) is 6.45. The number of aromatic hydroxyl groups is 1. The van der Waals surface area contributed by atoms with E-state index in [9.17, 15) is 9.90 Å². The number of aryl methyl sites for hydroxylation is 1. The van der Waals surface area contributed by atoms with Crippen molar-refractivity contribution in [2.24, 2.45) is 0 Å². The number of anilines is 1. The molecular weight excluding hydrogens is 388 g/mol. The van der Waals surface area contributed by atoms with E-state index in [1.807, 2.05) is 19.1 Å². The van der Waals surface area contributed by atoms with Crippen LogP contribution < -0.4 is 10.9 Å². The van der Waals surface area contributed by atoms with E-state index < -0.39 is 0 Å². The van der Waals surface area contributed by atoms with E-state index in [2.05, 4.69) is 37.2 Å². The molecule has 6 heteroatoms. The minimum Gasteiger partial charge on any atom is -0.506 e. The molecule has 1 heterocycles. The molecule has 0 fully saturated rings. The Morgan fingerprint density at radius 3 is 2.50 bits per heavy atom. The van der Waals surface area contributed by atoms with E-state index in [4.69, 9.17) is 0 Å². The van der Waals surface area contributed by atoms with E-state index in [1.54, 1.807) is 22.9 Å². The number of rotatable bonds is 4. The second-order valence-corrected chi connectivity index (χ2v) is 6.01. The molecule has 106 valence electrons. The summed E-state index contributed by atoms with van der Waals surface area (Å²) >= 11 is 6.60. The lowest BCUT2D eigenvalue weighted by atomic mass is 10.2. The van der Waals surface area contributed by atoms with Crippen LogP contribution in [-0.2, 0) is 13.1 Å². The molecule has 0 amide bonds. The first kappa shape index (κ1) is 15.1. The molecule has 0 aliphatic carbocycles. The zero-order chi connectivity index (χ0) is 14.7. The van der Waals surface area contributed by atoms with Crippen LogP contribution in [0.25, 0.3) is 0 Å². The number of hydrogen-bond acceptors (Lipinski definition) is 3. The summed E-state index contributed by atoms with van der Waals surface area (Å²) in [5, 5.41) is 12.9. The molecule has 1 aromatic heterocycles. The van der Waals surface area contributed by atoms with Crippen molar-refractivity contribution in [3.05, 3.63) is 55.3 Å². The van der Waals surface area contributed by atoms with Crippen molar-refractivity contribution >= 4 is 37.5 Å². The summed E-state index contributed by atoms with van der Waals surface area (Å²) < 4.78 is 2.93. The second-order valence-electron chi connectivity index (χ2n) is 4.30. The molecule has 0 saturated carbocycles. The number of nitrogens with one attached hydrogen (secondary N) is 1. The smallest absolute Gasteiger partial charge is 0.250 e. The number of phenols is 1. The maximum atomic E-state index is 11.5. The predicted molar refractivity (Wildman–Crippen MR) is 87.2 cm³/mol. The van der Waals surface area contributed by atoms with Crippen LogP contribution in [0.5, 0.6) is 5.75 Å². The van der Waals surface area contributed by atoms with Crippen LogP contribution >= 0.6 is 31.9 Å². The third-order valence-electron chi connectivity index (χ3n) is 2.90. The third-order valence-corrected chi connectivity index (χ3v) is 4.11. The number of aromatic nitrogens is 1. The summed E-state index contributed by atoms with van der Waals surface area (Å²) in [5.41, 5.74) is 1.88. The summed E-state index contributed by atoms with van der Waals surface area (Å²) in [4.78, 5) is 11.5. The number of nitrogens with zero attached hydrogens (tertiary/aromatic N) is 1. The van der Waals surface area contributed by atoms with E-state index in [0.717, 1.165) is 11.3 Å². The Balaban J connectivity index is 2.15. The standard InChI is InChI=1S/C14H14Br2N2O2/c1-2-18-8-10(3-4-13(18)19)17-7-9-5-11(15)14(20)12(16)6-9/h3-6,8,17,20H,2,7H2,1H3. The van der Waals surface area contributed by atoms with Gasteiger partial charge < -0.3 is 15.0 Å². The summed E-state index contributed by atoms with van der Waals surface area (Å²) in [6.07, 6.45) is 1.80. The fourth-order valence-electron chi connectivity index (χ4n) is 1.81. The summed E-state index contributed by atoms with van der Waals surface area (Å²) in [5.74, 6) is 0.188. The van der Waals surface area contributed by atoms with Gasteiger partial charge in [0.1, 0.15) is 5.75 Å². The van der Waals surface area contributed by atoms with Crippen molar-refractivity contribution in [1.82, 2.24) is 4.57 Å². The number of halogens is 2.